The lowest BCUT2D eigenvalue weighted by atomic mass is 10.1. The molecule has 0 atom stereocenters. The zero-order valence-electron chi connectivity index (χ0n) is 8.73. The van der Waals surface area contributed by atoms with E-state index in [0.717, 1.165) is 23.1 Å². The zero-order chi connectivity index (χ0) is 15.3. The van der Waals surface area contributed by atoms with Crippen LogP contribution >= 0.6 is 116 Å². The van der Waals surface area contributed by atoms with Crippen molar-refractivity contribution in [3.8, 4) is 0 Å². The largest absolute Gasteiger partial charge is 0.200 e. The monoisotopic (exact) mass is 468 g/mol. The number of hydrogen-bond acceptors (Lipinski definition) is 4. The van der Waals surface area contributed by atoms with E-state index in [2.05, 4.69) is 8.75 Å². The first kappa shape index (κ1) is 17.9. The summed E-state index contributed by atoms with van der Waals surface area (Å²) in [6, 6.07) is 0. The molecule has 0 aliphatic heterocycles. The fraction of sp³-hybridized carbons (Fsp3) is 0.250. The van der Waals surface area contributed by atoms with Crippen LogP contribution < -0.4 is 0 Å². The lowest BCUT2D eigenvalue weighted by Gasteiger charge is -2.30. The molecule has 0 N–H and O–H groups in total. The van der Waals surface area contributed by atoms with Gasteiger partial charge in [-0.05, 0) is 23.1 Å². The molecule has 0 saturated heterocycles. The van der Waals surface area contributed by atoms with Crippen LogP contribution in [-0.2, 0) is 8.67 Å². The van der Waals surface area contributed by atoms with Gasteiger partial charge in [0.15, 0.2) is 0 Å². The van der Waals surface area contributed by atoms with Crippen molar-refractivity contribution in [3.05, 3.63) is 30.1 Å². The normalized spacial score (nSPS) is 13.0. The van der Waals surface area contributed by atoms with Gasteiger partial charge in [0.05, 0.1) is 10.0 Å². The molecule has 12 heteroatoms. The summed E-state index contributed by atoms with van der Waals surface area (Å²) >= 11 is 50.4. The Morgan fingerprint density at radius 1 is 0.650 bits per heavy atom. The Bertz CT molecular complexity index is 593. The molecule has 0 spiro atoms. The van der Waals surface area contributed by atoms with Crippen molar-refractivity contribution in [3.63, 3.8) is 0 Å². The minimum absolute atomic E-state index is 0.0164. The second kappa shape index (κ2) is 6.23. The number of halogens is 8. The molecule has 2 nitrogen and oxygen atoms in total. The van der Waals surface area contributed by atoms with E-state index >= 15 is 0 Å². The minimum atomic E-state index is -1.93. The van der Waals surface area contributed by atoms with E-state index in [0.29, 0.717) is 0 Å². The molecule has 2 aromatic heterocycles. The highest BCUT2D eigenvalue weighted by atomic mass is 35.5. The highest BCUT2D eigenvalue weighted by Crippen LogP contribution is 2.59. The summed E-state index contributed by atoms with van der Waals surface area (Å²) in [5.74, 6) is 0. The zero-order valence-corrected chi connectivity index (χ0v) is 16.4. The third-order valence-corrected chi connectivity index (χ3v) is 7.64. The van der Waals surface area contributed by atoms with E-state index in [4.69, 9.17) is 92.8 Å². The van der Waals surface area contributed by atoms with Crippen molar-refractivity contribution < 1.29 is 0 Å². The number of aromatic nitrogens is 2. The van der Waals surface area contributed by atoms with Gasteiger partial charge in [0, 0.05) is 0 Å². The summed E-state index contributed by atoms with van der Waals surface area (Å²) in [4.78, 5) is 0. The Morgan fingerprint density at radius 3 is 1.15 bits per heavy atom. The Balaban J connectivity index is 2.57. The molecule has 20 heavy (non-hydrogen) atoms. The van der Waals surface area contributed by atoms with Crippen LogP contribution in [-0.4, -0.2) is 8.75 Å². The van der Waals surface area contributed by atoms with Gasteiger partial charge in [-0.25, -0.2) is 0 Å². The van der Waals surface area contributed by atoms with E-state index in [-0.39, 0.29) is 30.1 Å². The molecular formula is C8Cl8N2S2. The summed E-state index contributed by atoms with van der Waals surface area (Å²) in [5.41, 5.74) is 0.0328. The van der Waals surface area contributed by atoms with Gasteiger partial charge in [-0.15, -0.1) is 0 Å². The van der Waals surface area contributed by atoms with E-state index in [1.165, 1.54) is 0 Å². The number of nitrogens with zero attached hydrogens (tertiary/aromatic N) is 2. The summed E-state index contributed by atoms with van der Waals surface area (Å²) in [5, 5.41) is 0.120. The molecule has 2 aromatic rings. The SMILES string of the molecule is Clc1snc(C(Cl)(Cl)C(Cl)(Cl)c2nsc(Cl)c2Cl)c1Cl. The van der Waals surface area contributed by atoms with E-state index in [9.17, 15) is 0 Å². The molecule has 0 radical (unpaired) electrons. The quantitative estimate of drug-likeness (QED) is 0.443. The molecule has 0 aromatic carbocycles. The third kappa shape index (κ3) is 2.86. The van der Waals surface area contributed by atoms with Crippen molar-refractivity contribution in [2.75, 3.05) is 0 Å². The lowest BCUT2D eigenvalue weighted by molar-refractivity contribution is 0.704. The molecule has 0 amide bonds. The van der Waals surface area contributed by atoms with Crippen LogP contribution in [0.5, 0.6) is 0 Å². The predicted octanol–water partition coefficient (Wildman–Crippen LogP) is 7.17. The second-order valence-electron chi connectivity index (χ2n) is 3.39. The molecule has 2 heterocycles. The fourth-order valence-corrected chi connectivity index (χ4v) is 4.72. The average Bonchev–Trinajstić information content (AvgIpc) is 2.85. The van der Waals surface area contributed by atoms with Crippen LogP contribution in [0.3, 0.4) is 0 Å². The molecular weight excluding hydrogens is 472 g/mol. The van der Waals surface area contributed by atoms with Crippen molar-refractivity contribution in [2.45, 2.75) is 8.67 Å². The Morgan fingerprint density at radius 2 is 0.950 bits per heavy atom. The maximum absolute atomic E-state index is 6.25. The fourth-order valence-electron chi connectivity index (χ4n) is 1.21. The summed E-state index contributed by atoms with van der Waals surface area (Å²) < 4.78 is 4.47. The van der Waals surface area contributed by atoms with Gasteiger partial charge in [-0.3, -0.25) is 0 Å². The first-order valence-corrected chi connectivity index (χ1v) is 9.05. The van der Waals surface area contributed by atoms with Gasteiger partial charge in [0.25, 0.3) is 0 Å². The van der Waals surface area contributed by atoms with Crippen LogP contribution in [0.2, 0.25) is 18.7 Å². The van der Waals surface area contributed by atoms with Crippen molar-refractivity contribution in [2.24, 2.45) is 0 Å². The van der Waals surface area contributed by atoms with Crippen molar-refractivity contribution in [1.82, 2.24) is 8.75 Å². The summed E-state index contributed by atoms with van der Waals surface area (Å²) in [7, 11) is 0. The Kier molecular flexibility index (Phi) is 5.59. The van der Waals surface area contributed by atoms with Crippen LogP contribution in [0, 0.1) is 0 Å². The Labute approximate surface area is 162 Å². The topological polar surface area (TPSA) is 25.8 Å². The number of hydrogen-bond donors (Lipinski definition) is 0. The first-order chi connectivity index (χ1) is 9.10. The third-order valence-electron chi connectivity index (χ3n) is 2.18. The molecule has 0 aliphatic rings. The number of rotatable bonds is 3. The average molecular weight is 472 g/mol. The van der Waals surface area contributed by atoms with Gasteiger partial charge in [-0.2, -0.15) is 8.75 Å². The molecule has 0 aliphatic carbocycles. The molecule has 0 bridgehead atoms. The smallest absolute Gasteiger partial charge is 0.191 e. The standard InChI is InChI=1S/C8Cl8N2S2/c9-1-3(17-19-5(1)11)7(13,14)8(15,16)4-2(10)6(12)20-18-4. The highest BCUT2D eigenvalue weighted by Gasteiger charge is 2.55. The van der Waals surface area contributed by atoms with Crippen molar-refractivity contribution >= 4 is 116 Å². The van der Waals surface area contributed by atoms with E-state index in [1.54, 1.807) is 0 Å². The molecule has 0 unspecified atom stereocenters. The predicted molar refractivity (Wildman–Crippen MR) is 91.0 cm³/mol. The summed E-state index contributed by atoms with van der Waals surface area (Å²) in [6.45, 7) is 0. The maximum Gasteiger partial charge on any atom is 0.200 e. The molecule has 2 rings (SSSR count). The van der Waals surface area contributed by atoms with Crippen LogP contribution in [0.15, 0.2) is 0 Å². The Hall–Kier alpha value is 1.58. The van der Waals surface area contributed by atoms with E-state index in [1.807, 2.05) is 0 Å². The minimum Gasteiger partial charge on any atom is -0.191 e. The van der Waals surface area contributed by atoms with Gasteiger partial charge >= 0.3 is 0 Å². The van der Waals surface area contributed by atoms with Gasteiger partial charge in [-0.1, -0.05) is 92.8 Å². The van der Waals surface area contributed by atoms with Gasteiger partial charge < -0.3 is 0 Å². The first-order valence-electron chi connectivity index (χ1n) is 4.48. The summed E-state index contributed by atoms with van der Waals surface area (Å²) in [6.07, 6.45) is 0. The van der Waals surface area contributed by atoms with Crippen LogP contribution in [0.4, 0.5) is 0 Å². The number of alkyl halides is 4. The highest BCUT2D eigenvalue weighted by molar-refractivity contribution is 7.12. The van der Waals surface area contributed by atoms with E-state index < -0.39 is 8.67 Å². The van der Waals surface area contributed by atoms with Gasteiger partial charge in [0.2, 0.25) is 8.67 Å². The second-order valence-corrected chi connectivity index (χ2v) is 9.55. The van der Waals surface area contributed by atoms with Crippen LogP contribution in [0.1, 0.15) is 11.4 Å². The molecule has 110 valence electrons. The molecule has 0 fully saturated rings. The molecule has 0 saturated carbocycles. The lowest BCUT2D eigenvalue weighted by Crippen LogP contribution is -2.32. The maximum atomic E-state index is 6.25. The van der Waals surface area contributed by atoms with Gasteiger partial charge in [0.1, 0.15) is 20.1 Å². The van der Waals surface area contributed by atoms with Crippen LogP contribution in [0.25, 0.3) is 0 Å². The van der Waals surface area contributed by atoms with Crippen molar-refractivity contribution in [1.29, 1.82) is 0 Å².